The van der Waals surface area contributed by atoms with Gasteiger partial charge in [-0.3, -0.25) is 4.57 Å². The third-order valence-electron chi connectivity index (χ3n) is 5.22. The van der Waals surface area contributed by atoms with Crippen molar-refractivity contribution in [2.24, 2.45) is 0 Å². The van der Waals surface area contributed by atoms with E-state index in [1.54, 1.807) is 0 Å². The predicted octanol–water partition coefficient (Wildman–Crippen LogP) is 5.15. The van der Waals surface area contributed by atoms with Gasteiger partial charge < -0.3 is 20.2 Å². The fourth-order valence-electron chi connectivity index (χ4n) is 3.80. The summed E-state index contributed by atoms with van der Waals surface area (Å²) in [4.78, 5) is 34.6. The van der Waals surface area contributed by atoms with Gasteiger partial charge in [0.05, 0.1) is 11.3 Å². The Morgan fingerprint density at radius 3 is 1.68 bits per heavy atom. The lowest BCUT2D eigenvalue weighted by molar-refractivity contribution is -0.130. The molecule has 0 bridgehead atoms. The molecule has 0 unspecified atom stereocenters. The standard InChI is InChI=1S/C25H21N2O5PS/c28-23(29)21(16-33(30,31)32)22-17-34-24(26-22)27-25(18-10-4-1-5-11-18,19-12-6-2-7-13-19)20-14-8-3-9-15-20/h1-17H,(H,26,27)(H,28,29)(H2,30,31,32)/b21-16-. The molecule has 0 aliphatic carbocycles. The Morgan fingerprint density at radius 2 is 1.29 bits per heavy atom. The zero-order chi connectivity index (χ0) is 24.2. The number of carboxylic acid groups (broad SMARTS) is 1. The Morgan fingerprint density at radius 1 is 0.853 bits per heavy atom. The first kappa shape index (κ1) is 23.6. The molecule has 4 N–H and O–H groups in total. The van der Waals surface area contributed by atoms with E-state index in [0.717, 1.165) is 28.0 Å². The van der Waals surface area contributed by atoms with Crippen molar-refractivity contribution in [2.75, 3.05) is 5.32 Å². The van der Waals surface area contributed by atoms with Crippen molar-refractivity contribution in [1.29, 1.82) is 0 Å². The second-order valence-electron chi connectivity index (χ2n) is 7.45. The quantitative estimate of drug-likeness (QED) is 0.153. The molecule has 0 spiro atoms. The van der Waals surface area contributed by atoms with Crippen molar-refractivity contribution in [2.45, 2.75) is 5.54 Å². The van der Waals surface area contributed by atoms with E-state index in [-0.39, 0.29) is 5.69 Å². The van der Waals surface area contributed by atoms with Crippen LogP contribution in [0, 0.1) is 0 Å². The number of benzene rings is 3. The lowest BCUT2D eigenvalue weighted by Crippen LogP contribution is -2.38. The van der Waals surface area contributed by atoms with Gasteiger partial charge in [-0.2, -0.15) is 0 Å². The van der Waals surface area contributed by atoms with Crippen LogP contribution in [0.3, 0.4) is 0 Å². The molecule has 172 valence electrons. The maximum Gasteiger partial charge on any atom is 0.350 e. The zero-order valence-electron chi connectivity index (χ0n) is 17.8. The highest BCUT2D eigenvalue weighted by molar-refractivity contribution is 7.55. The summed E-state index contributed by atoms with van der Waals surface area (Å²) < 4.78 is 11.4. The molecule has 3 aromatic carbocycles. The normalized spacial score (nSPS) is 12.4. The van der Waals surface area contributed by atoms with Gasteiger partial charge in [-0.15, -0.1) is 11.3 Å². The first-order valence-electron chi connectivity index (χ1n) is 10.2. The van der Waals surface area contributed by atoms with E-state index < -0.39 is 24.7 Å². The van der Waals surface area contributed by atoms with Gasteiger partial charge in [-0.05, 0) is 16.7 Å². The van der Waals surface area contributed by atoms with E-state index in [9.17, 15) is 24.3 Å². The summed E-state index contributed by atoms with van der Waals surface area (Å²) in [6.45, 7) is 0. The van der Waals surface area contributed by atoms with Crippen LogP contribution >= 0.6 is 18.9 Å². The Kier molecular flexibility index (Phi) is 6.77. The van der Waals surface area contributed by atoms with Crippen LogP contribution < -0.4 is 5.32 Å². The average Bonchev–Trinajstić information content (AvgIpc) is 3.30. The summed E-state index contributed by atoms with van der Waals surface area (Å²) in [5, 5.41) is 14.9. The van der Waals surface area contributed by atoms with Crippen LogP contribution in [0.25, 0.3) is 5.57 Å². The molecular weight excluding hydrogens is 471 g/mol. The van der Waals surface area contributed by atoms with Crippen molar-refractivity contribution in [1.82, 2.24) is 4.98 Å². The summed E-state index contributed by atoms with van der Waals surface area (Å²) in [5.41, 5.74) is 1.36. The largest absolute Gasteiger partial charge is 0.478 e. The van der Waals surface area contributed by atoms with E-state index in [1.165, 1.54) is 5.38 Å². The van der Waals surface area contributed by atoms with Crippen molar-refractivity contribution in [3.63, 3.8) is 0 Å². The minimum atomic E-state index is -4.71. The molecule has 0 radical (unpaired) electrons. The van der Waals surface area contributed by atoms with Crippen molar-refractivity contribution in [3.05, 3.63) is 125 Å². The van der Waals surface area contributed by atoms with Gasteiger partial charge in [0.2, 0.25) is 0 Å². The van der Waals surface area contributed by atoms with E-state index in [4.69, 9.17) is 0 Å². The van der Waals surface area contributed by atoms with Crippen LogP contribution in [-0.2, 0) is 14.9 Å². The van der Waals surface area contributed by atoms with Crippen LogP contribution in [-0.4, -0.2) is 25.8 Å². The lowest BCUT2D eigenvalue weighted by Gasteiger charge is -2.36. The van der Waals surface area contributed by atoms with Gasteiger partial charge in [0.25, 0.3) is 0 Å². The van der Waals surface area contributed by atoms with Crippen molar-refractivity contribution in [3.8, 4) is 0 Å². The van der Waals surface area contributed by atoms with Crippen molar-refractivity contribution >= 4 is 35.6 Å². The van der Waals surface area contributed by atoms with E-state index in [2.05, 4.69) is 10.3 Å². The van der Waals surface area contributed by atoms with Crippen LogP contribution in [0.5, 0.6) is 0 Å². The molecule has 0 aliphatic rings. The molecule has 9 heteroatoms. The molecular formula is C25H21N2O5PS. The monoisotopic (exact) mass is 492 g/mol. The molecule has 1 heterocycles. The number of aromatic nitrogens is 1. The van der Waals surface area contributed by atoms with E-state index in [0.29, 0.717) is 10.9 Å². The molecule has 4 aromatic rings. The lowest BCUT2D eigenvalue weighted by atomic mass is 9.77. The molecule has 0 amide bonds. The summed E-state index contributed by atoms with van der Waals surface area (Å²) in [6.07, 6.45) is 0. The van der Waals surface area contributed by atoms with E-state index >= 15 is 0 Å². The fourth-order valence-corrected chi connectivity index (χ4v) is 5.14. The number of nitrogens with zero attached hydrogens (tertiary/aromatic N) is 1. The molecule has 1 aromatic heterocycles. The number of rotatable bonds is 8. The summed E-state index contributed by atoms with van der Waals surface area (Å²) in [7, 11) is -4.71. The molecule has 0 aliphatic heterocycles. The highest BCUT2D eigenvalue weighted by Crippen LogP contribution is 2.42. The topological polar surface area (TPSA) is 120 Å². The second kappa shape index (κ2) is 9.75. The van der Waals surface area contributed by atoms with Gasteiger partial charge in [0.1, 0.15) is 5.54 Å². The van der Waals surface area contributed by atoms with E-state index in [1.807, 2.05) is 91.0 Å². The number of hydrogen-bond donors (Lipinski definition) is 4. The highest BCUT2D eigenvalue weighted by Gasteiger charge is 2.37. The smallest absolute Gasteiger partial charge is 0.350 e. The number of aliphatic carboxylic acids is 1. The Labute approximate surface area is 200 Å². The predicted molar refractivity (Wildman–Crippen MR) is 133 cm³/mol. The number of thiazole rings is 1. The molecule has 4 rings (SSSR count). The number of carbonyl (C=O) groups is 1. The number of nitrogens with one attached hydrogen (secondary N) is 1. The average molecular weight is 492 g/mol. The maximum absolute atomic E-state index is 11.7. The minimum absolute atomic E-state index is 0.0357. The summed E-state index contributed by atoms with van der Waals surface area (Å²) in [5.74, 6) is -1.05. The van der Waals surface area contributed by atoms with Crippen LogP contribution in [0.4, 0.5) is 5.13 Å². The molecule has 0 atom stereocenters. The number of carboxylic acids is 1. The Bertz CT molecular complexity index is 1260. The third kappa shape index (κ3) is 5.00. The SMILES string of the molecule is O=C(O)/C(=C\P(=O)(O)O)c1csc(NC(c2ccccc2)(c2ccccc2)c2ccccc2)n1. The first-order valence-corrected chi connectivity index (χ1v) is 12.8. The Balaban J connectivity index is 1.90. The van der Waals surface area contributed by atoms with Gasteiger partial charge in [0.15, 0.2) is 5.13 Å². The van der Waals surface area contributed by atoms with Gasteiger partial charge >= 0.3 is 13.6 Å². The molecule has 0 saturated carbocycles. The number of hydrogen-bond acceptors (Lipinski definition) is 5. The van der Waals surface area contributed by atoms with Gasteiger partial charge in [-0.1, -0.05) is 91.0 Å². The Hall–Kier alpha value is -3.55. The zero-order valence-corrected chi connectivity index (χ0v) is 19.5. The van der Waals surface area contributed by atoms with Crippen LogP contribution in [0.1, 0.15) is 22.4 Å². The minimum Gasteiger partial charge on any atom is -0.478 e. The van der Waals surface area contributed by atoms with Crippen LogP contribution in [0.2, 0.25) is 0 Å². The molecule has 34 heavy (non-hydrogen) atoms. The highest BCUT2D eigenvalue weighted by atomic mass is 32.1. The second-order valence-corrected chi connectivity index (χ2v) is 9.74. The molecule has 0 fully saturated rings. The van der Waals surface area contributed by atoms with Crippen LogP contribution in [0.15, 0.2) is 102 Å². The summed E-state index contributed by atoms with van der Waals surface area (Å²) in [6, 6.07) is 29.4. The van der Waals surface area contributed by atoms with Crippen molar-refractivity contribution < 1.29 is 24.3 Å². The molecule has 7 nitrogen and oxygen atoms in total. The molecule has 0 saturated heterocycles. The first-order chi connectivity index (χ1) is 16.3. The fraction of sp³-hybridized carbons (Fsp3) is 0.0400. The van der Waals surface area contributed by atoms with Gasteiger partial charge in [0, 0.05) is 11.2 Å². The third-order valence-corrected chi connectivity index (χ3v) is 6.57. The number of anilines is 1. The maximum atomic E-state index is 11.7. The van der Waals surface area contributed by atoms with Gasteiger partial charge in [-0.25, -0.2) is 9.78 Å². The summed E-state index contributed by atoms with van der Waals surface area (Å²) >= 11 is 1.15.